The Hall–Kier alpha value is -1.06. The van der Waals surface area contributed by atoms with Crippen molar-refractivity contribution >= 4 is 0 Å². The molecule has 0 spiro atoms. The van der Waals surface area contributed by atoms with Crippen molar-refractivity contribution in [2.45, 2.75) is 26.0 Å². The highest BCUT2D eigenvalue weighted by Crippen LogP contribution is 2.27. The van der Waals surface area contributed by atoms with Gasteiger partial charge in [0.25, 0.3) is 0 Å². The lowest BCUT2D eigenvalue weighted by Crippen LogP contribution is -2.35. The van der Waals surface area contributed by atoms with E-state index < -0.39 is 0 Å². The second-order valence-electron chi connectivity index (χ2n) is 4.43. The maximum Gasteiger partial charge on any atom is 0.123 e. The van der Waals surface area contributed by atoms with E-state index in [-0.39, 0.29) is 6.10 Å². The van der Waals surface area contributed by atoms with Gasteiger partial charge in [0.2, 0.25) is 0 Å². The molecule has 0 radical (unpaired) electrons. The lowest BCUT2D eigenvalue weighted by molar-refractivity contribution is 0.118. The van der Waals surface area contributed by atoms with Gasteiger partial charge in [-0.15, -0.1) is 0 Å². The molecule has 1 aliphatic heterocycles. The Bertz CT molecular complexity index is 349. The number of aliphatic hydroxyl groups excluding tert-OH is 1. The lowest BCUT2D eigenvalue weighted by atomic mass is 9.98. The fraction of sp³-hybridized carbons (Fsp3) is 0.538. The first-order valence-electron chi connectivity index (χ1n) is 5.76. The van der Waals surface area contributed by atoms with Gasteiger partial charge in [0.15, 0.2) is 0 Å². The van der Waals surface area contributed by atoms with Gasteiger partial charge < -0.3 is 9.84 Å². The summed E-state index contributed by atoms with van der Waals surface area (Å²) in [6, 6.07) is 6.21. The fourth-order valence-corrected chi connectivity index (χ4v) is 2.33. The molecule has 0 aromatic heterocycles. The van der Waals surface area contributed by atoms with Crippen molar-refractivity contribution in [2.24, 2.45) is 0 Å². The van der Waals surface area contributed by atoms with E-state index in [4.69, 9.17) is 4.74 Å². The van der Waals surface area contributed by atoms with Crippen LogP contribution in [0.25, 0.3) is 0 Å². The van der Waals surface area contributed by atoms with Gasteiger partial charge in [-0.1, -0.05) is 12.1 Å². The van der Waals surface area contributed by atoms with Crippen molar-refractivity contribution in [3.63, 3.8) is 0 Å². The number of fused-ring (bicyclic) bond motifs is 1. The molecule has 16 heavy (non-hydrogen) atoms. The molecule has 1 aromatic rings. The van der Waals surface area contributed by atoms with Crippen molar-refractivity contribution in [3.8, 4) is 5.75 Å². The van der Waals surface area contributed by atoms with Crippen LogP contribution in [-0.2, 0) is 13.0 Å². The van der Waals surface area contributed by atoms with Gasteiger partial charge in [-0.05, 0) is 25.0 Å². The van der Waals surface area contributed by atoms with Gasteiger partial charge in [0.05, 0.1) is 13.2 Å². The third-order valence-corrected chi connectivity index (χ3v) is 3.05. The van der Waals surface area contributed by atoms with Crippen LogP contribution in [0.3, 0.4) is 0 Å². The molecule has 1 heterocycles. The maximum absolute atomic E-state index is 9.41. The third-order valence-electron chi connectivity index (χ3n) is 3.05. The second kappa shape index (κ2) is 4.85. The number of ether oxygens (including phenoxy) is 1. The molecule has 2 rings (SSSR count). The summed E-state index contributed by atoms with van der Waals surface area (Å²) in [6.45, 7) is 4.46. The summed E-state index contributed by atoms with van der Waals surface area (Å²) in [5, 5.41) is 9.41. The number of β-amino-alcohol motifs (C(OH)–C–C–N with tert-alkyl or cyclic N) is 1. The zero-order chi connectivity index (χ0) is 11.5. The number of hydrogen-bond acceptors (Lipinski definition) is 3. The summed E-state index contributed by atoms with van der Waals surface area (Å²) >= 11 is 0. The zero-order valence-electron chi connectivity index (χ0n) is 9.94. The van der Waals surface area contributed by atoms with Crippen LogP contribution in [0.2, 0.25) is 0 Å². The molecule has 0 saturated carbocycles. The van der Waals surface area contributed by atoms with Gasteiger partial charge in [-0.2, -0.15) is 0 Å². The van der Waals surface area contributed by atoms with E-state index in [2.05, 4.69) is 11.0 Å². The minimum atomic E-state index is -0.267. The number of rotatable bonds is 3. The van der Waals surface area contributed by atoms with Gasteiger partial charge in [0.1, 0.15) is 5.75 Å². The van der Waals surface area contributed by atoms with Crippen LogP contribution in [0.15, 0.2) is 18.2 Å². The molecule has 0 bridgehead atoms. The summed E-state index contributed by atoms with van der Waals surface area (Å²) in [5.41, 5.74) is 2.65. The van der Waals surface area contributed by atoms with Crippen molar-refractivity contribution in [1.82, 2.24) is 4.90 Å². The third kappa shape index (κ3) is 2.36. The molecule has 1 aromatic carbocycles. The van der Waals surface area contributed by atoms with Gasteiger partial charge >= 0.3 is 0 Å². The van der Waals surface area contributed by atoms with Crippen LogP contribution in [-0.4, -0.2) is 36.3 Å². The Morgan fingerprint density at radius 3 is 3.00 bits per heavy atom. The molecule has 88 valence electrons. The van der Waals surface area contributed by atoms with Crippen LogP contribution in [0.5, 0.6) is 5.75 Å². The topological polar surface area (TPSA) is 32.7 Å². The molecule has 0 saturated heterocycles. The molecule has 1 N–H and O–H groups in total. The monoisotopic (exact) mass is 221 g/mol. The van der Waals surface area contributed by atoms with Gasteiger partial charge in [-0.3, -0.25) is 4.90 Å². The Kier molecular flexibility index (Phi) is 3.46. The lowest BCUT2D eigenvalue weighted by Gasteiger charge is -2.30. The molecular weight excluding hydrogens is 202 g/mol. The van der Waals surface area contributed by atoms with Crippen molar-refractivity contribution in [2.75, 3.05) is 20.2 Å². The molecular formula is C13H19NO2. The van der Waals surface area contributed by atoms with Crippen molar-refractivity contribution in [1.29, 1.82) is 0 Å². The summed E-state index contributed by atoms with van der Waals surface area (Å²) in [6.07, 6.45) is 0.774. The van der Waals surface area contributed by atoms with Crippen LogP contribution < -0.4 is 4.74 Å². The van der Waals surface area contributed by atoms with Gasteiger partial charge in [0, 0.05) is 25.2 Å². The van der Waals surface area contributed by atoms with Crippen LogP contribution >= 0.6 is 0 Å². The predicted octanol–water partition coefficient (Wildman–Crippen LogP) is 1.43. The first-order valence-corrected chi connectivity index (χ1v) is 5.76. The van der Waals surface area contributed by atoms with E-state index in [9.17, 15) is 5.11 Å². The Balaban J connectivity index is 2.18. The molecule has 0 fully saturated rings. The Labute approximate surface area is 96.6 Å². The number of hydrogen-bond donors (Lipinski definition) is 1. The first-order chi connectivity index (χ1) is 7.70. The predicted molar refractivity (Wildman–Crippen MR) is 63.7 cm³/mol. The number of aliphatic hydroxyl groups is 1. The van der Waals surface area contributed by atoms with E-state index >= 15 is 0 Å². The smallest absolute Gasteiger partial charge is 0.123 e. The van der Waals surface area contributed by atoms with Crippen LogP contribution in [0.4, 0.5) is 0 Å². The second-order valence-corrected chi connectivity index (χ2v) is 4.43. The Morgan fingerprint density at radius 1 is 1.50 bits per heavy atom. The standard InChI is InChI=1S/C13H19NO2/c1-10(15)8-14-7-6-11-4-3-5-13(16-2)12(11)9-14/h3-5,10,15H,6-9H2,1-2H3. The summed E-state index contributed by atoms with van der Waals surface area (Å²) in [4.78, 5) is 2.27. The molecule has 3 nitrogen and oxygen atoms in total. The summed E-state index contributed by atoms with van der Waals surface area (Å²) in [7, 11) is 1.71. The highest BCUT2D eigenvalue weighted by molar-refractivity contribution is 5.41. The van der Waals surface area contributed by atoms with Crippen molar-refractivity contribution < 1.29 is 9.84 Å². The molecule has 3 heteroatoms. The largest absolute Gasteiger partial charge is 0.496 e. The first kappa shape index (κ1) is 11.4. The molecule has 0 aliphatic carbocycles. The van der Waals surface area contributed by atoms with Gasteiger partial charge in [-0.25, -0.2) is 0 Å². The average Bonchev–Trinajstić information content (AvgIpc) is 2.27. The molecule has 0 amide bonds. The highest BCUT2D eigenvalue weighted by Gasteiger charge is 2.19. The zero-order valence-corrected chi connectivity index (χ0v) is 9.94. The van der Waals surface area contributed by atoms with E-state index in [1.165, 1.54) is 11.1 Å². The van der Waals surface area contributed by atoms with E-state index in [0.717, 1.165) is 31.8 Å². The van der Waals surface area contributed by atoms with Crippen molar-refractivity contribution in [3.05, 3.63) is 29.3 Å². The van der Waals surface area contributed by atoms with E-state index in [1.807, 2.05) is 19.1 Å². The van der Waals surface area contributed by atoms with E-state index in [1.54, 1.807) is 7.11 Å². The number of methoxy groups -OCH3 is 1. The normalized spacial score (nSPS) is 17.9. The SMILES string of the molecule is COc1cccc2c1CN(CC(C)O)CC2. The molecule has 1 aliphatic rings. The number of benzene rings is 1. The average molecular weight is 221 g/mol. The fourth-order valence-electron chi connectivity index (χ4n) is 2.33. The van der Waals surface area contributed by atoms with Crippen LogP contribution in [0, 0.1) is 0 Å². The van der Waals surface area contributed by atoms with Crippen LogP contribution in [0.1, 0.15) is 18.1 Å². The summed E-state index contributed by atoms with van der Waals surface area (Å²) in [5.74, 6) is 0.966. The summed E-state index contributed by atoms with van der Waals surface area (Å²) < 4.78 is 5.38. The highest BCUT2D eigenvalue weighted by atomic mass is 16.5. The minimum absolute atomic E-state index is 0.267. The maximum atomic E-state index is 9.41. The minimum Gasteiger partial charge on any atom is -0.496 e. The quantitative estimate of drug-likeness (QED) is 0.838. The Morgan fingerprint density at radius 2 is 2.31 bits per heavy atom. The molecule has 1 unspecified atom stereocenters. The number of nitrogens with zero attached hydrogens (tertiary/aromatic N) is 1. The molecule has 1 atom stereocenters. The van der Waals surface area contributed by atoms with E-state index in [0.29, 0.717) is 0 Å².